The number of aliphatic hydroxyl groups is 1. The van der Waals surface area contributed by atoms with Gasteiger partial charge in [0, 0.05) is 43.5 Å². The summed E-state index contributed by atoms with van der Waals surface area (Å²) < 4.78 is 12.1. The summed E-state index contributed by atoms with van der Waals surface area (Å²) in [5.74, 6) is 1.08. The number of pyridine rings is 1. The third kappa shape index (κ3) is 7.33. The van der Waals surface area contributed by atoms with Crippen molar-refractivity contribution in [1.82, 2.24) is 20.5 Å². The number of nitrogens with one attached hydrogen (secondary N) is 3. The first kappa shape index (κ1) is 28.7. The Labute approximate surface area is 223 Å². The first-order valence-electron chi connectivity index (χ1n) is 12.8. The monoisotopic (exact) mass is 523 g/mol. The molecule has 38 heavy (non-hydrogen) atoms. The van der Waals surface area contributed by atoms with Crippen LogP contribution in [0.4, 0.5) is 10.5 Å². The summed E-state index contributed by atoms with van der Waals surface area (Å²) in [7, 11) is 1.55. The van der Waals surface area contributed by atoms with Crippen LogP contribution in [0.2, 0.25) is 0 Å². The SMILES string of the molecule is CCNC(=O)Nc1ccc(Oc2ccnc3cc(OC[C@H](O)CN(CC)CC)c(C(=O)NC)cc23)cc1C. The van der Waals surface area contributed by atoms with Gasteiger partial charge in [0.15, 0.2) is 0 Å². The molecule has 0 bridgehead atoms. The number of ether oxygens (including phenoxy) is 2. The average molecular weight is 524 g/mol. The minimum absolute atomic E-state index is 0.0398. The predicted molar refractivity (Wildman–Crippen MR) is 148 cm³/mol. The minimum atomic E-state index is -0.709. The van der Waals surface area contributed by atoms with E-state index >= 15 is 0 Å². The Morgan fingerprint density at radius 2 is 1.84 bits per heavy atom. The highest BCUT2D eigenvalue weighted by Crippen LogP contribution is 2.34. The molecule has 0 saturated heterocycles. The molecule has 0 aliphatic carbocycles. The molecule has 1 aromatic heterocycles. The fourth-order valence-electron chi connectivity index (χ4n) is 3.98. The van der Waals surface area contributed by atoms with E-state index in [-0.39, 0.29) is 18.5 Å². The Kier molecular flexibility index (Phi) is 10.3. The highest BCUT2D eigenvalue weighted by atomic mass is 16.5. The number of likely N-dealkylation sites (N-methyl/N-ethyl adjacent to an activating group) is 1. The van der Waals surface area contributed by atoms with Crippen molar-refractivity contribution in [3.8, 4) is 17.2 Å². The van der Waals surface area contributed by atoms with Crippen molar-refractivity contribution >= 4 is 28.5 Å². The van der Waals surface area contributed by atoms with Crippen LogP contribution in [-0.2, 0) is 0 Å². The molecule has 0 saturated carbocycles. The zero-order chi connectivity index (χ0) is 27.7. The van der Waals surface area contributed by atoms with Gasteiger partial charge in [0.2, 0.25) is 0 Å². The molecule has 0 aliphatic rings. The largest absolute Gasteiger partial charge is 0.490 e. The molecule has 0 spiro atoms. The zero-order valence-corrected chi connectivity index (χ0v) is 22.6. The van der Waals surface area contributed by atoms with Gasteiger partial charge in [-0.15, -0.1) is 0 Å². The van der Waals surface area contributed by atoms with Gasteiger partial charge in [0.25, 0.3) is 5.91 Å². The fourth-order valence-corrected chi connectivity index (χ4v) is 3.98. The van der Waals surface area contributed by atoms with Crippen molar-refractivity contribution in [3.05, 3.63) is 53.7 Å². The zero-order valence-electron chi connectivity index (χ0n) is 22.6. The quantitative estimate of drug-likeness (QED) is 0.284. The normalized spacial score (nSPS) is 11.8. The van der Waals surface area contributed by atoms with Crippen LogP contribution in [0.1, 0.15) is 36.7 Å². The van der Waals surface area contributed by atoms with E-state index in [1.54, 1.807) is 43.6 Å². The average Bonchev–Trinajstić information content (AvgIpc) is 2.91. The van der Waals surface area contributed by atoms with Gasteiger partial charge < -0.3 is 35.4 Å². The van der Waals surface area contributed by atoms with Crippen LogP contribution >= 0.6 is 0 Å². The molecule has 10 nitrogen and oxygen atoms in total. The standard InChI is InChI=1S/C28H37N5O5/c1-6-30-28(36)32-23-10-9-20(13-18(23)4)38-25-11-12-31-24-15-26(22(14-21(24)25)27(35)29-5)37-17-19(34)16-33(7-2)8-3/h9-15,19,34H,6-8,16-17H2,1-5H3,(H,29,35)(H2,30,32,36)/t19-/m1/s1. The molecule has 0 fully saturated rings. The number of urea groups is 1. The van der Waals surface area contributed by atoms with Gasteiger partial charge in [-0.05, 0) is 62.8 Å². The number of aromatic nitrogens is 1. The number of carbonyl (C=O) groups excluding carboxylic acids is 2. The lowest BCUT2D eigenvalue weighted by atomic mass is 10.1. The van der Waals surface area contributed by atoms with Crippen LogP contribution in [0.3, 0.4) is 0 Å². The molecule has 0 aliphatic heterocycles. The van der Waals surface area contributed by atoms with Crippen molar-refractivity contribution in [2.45, 2.75) is 33.8 Å². The summed E-state index contributed by atoms with van der Waals surface area (Å²) in [5, 5.41) is 19.2. The number of anilines is 1. The molecule has 2 aromatic carbocycles. The van der Waals surface area contributed by atoms with E-state index in [0.29, 0.717) is 52.5 Å². The molecular weight excluding hydrogens is 486 g/mol. The van der Waals surface area contributed by atoms with Crippen LogP contribution in [0.25, 0.3) is 10.9 Å². The van der Waals surface area contributed by atoms with E-state index in [1.165, 1.54) is 0 Å². The Morgan fingerprint density at radius 3 is 2.50 bits per heavy atom. The maximum atomic E-state index is 12.7. The van der Waals surface area contributed by atoms with Gasteiger partial charge in [-0.2, -0.15) is 0 Å². The Morgan fingerprint density at radius 1 is 1.08 bits per heavy atom. The first-order valence-corrected chi connectivity index (χ1v) is 12.8. The molecule has 10 heteroatoms. The molecule has 1 heterocycles. The van der Waals surface area contributed by atoms with Crippen molar-refractivity contribution in [1.29, 1.82) is 0 Å². The highest BCUT2D eigenvalue weighted by Gasteiger charge is 2.18. The van der Waals surface area contributed by atoms with Gasteiger partial charge in [-0.25, -0.2) is 4.79 Å². The van der Waals surface area contributed by atoms with Crippen LogP contribution < -0.4 is 25.4 Å². The molecule has 3 aromatic rings. The Bertz CT molecular complexity index is 1260. The first-order chi connectivity index (χ1) is 18.3. The third-order valence-electron chi connectivity index (χ3n) is 6.08. The van der Waals surface area contributed by atoms with Crippen molar-refractivity contribution in [3.63, 3.8) is 0 Å². The van der Waals surface area contributed by atoms with Gasteiger partial charge in [-0.3, -0.25) is 9.78 Å². The highest BCUT2D eigenvalue weighted by molar-refractivity contribution is 6.02. The second kappa shape index (κ2) is 13.6. The molecule has 204 valence electrons. The second-order valence-electron chi connectivity index (χ2n) is 8.77. The summed E-state index contributed by atoms with van der Waals surface area (Å²) in [4.78, 5) is 31.1. The Hall–Kier alpha value is -3.89. The Balaban J connectivity index is 1.87. The van der Waals surface area contributed by atoms with Gasteiger partial charge in [0.05, 0.1) is 11.1 Å². The van der Waals surface area contributed by atoms with E-state index in [4.69, 9.17) is 9.47 Å². The summed E-state index contributed by atoms with van der Waals surface area (Å²) in [6.45, 7) is 10.5. The number of aliphatic hydroxyl groups excluding tert-OH is 1. The van der Waals surface area contributed by atoms with E-state index in [0.717, 1.165) is 18.7 Å². The maximum Gasteiger partial charge on any atom is 0.319 e. The molecule has 4 N–H and O–H groups in total. The van der Waals surface area contributed by atoms with Gasteiger partial charge in [0.1, 0.15) is 30.0 Å². The second-order valence-corrected chi connectivity index (χ2v) is 8.77. The lowest BCUT2D eigenvalue weighted by Gasteiger charge is -2.22. The van der Waals surface area contributed by atoms with Crippen molar-refractivity contribution < 1.29 is 24.2 Å². The molecule has 3 rings (SSSR count). The number of benzene rings is 2. The minimum Gasteiger partial charge on any atom is -0.490 e. The lowest BCUT2D eigenvalue weighted by molar-refractivity contribution is 0.0706. The van der Waals surface area contributed by atoms with Crippen LogP contribution in [0.15, 0.2) is 42.6 Å². The van der Waals surface area contributed by atoms with E-state index in [2.05, 4.69) is 25.8 Å². The number of hydrogen-bond donors (Lipinski definition) is 4. The number of nitrogens with zero attached hydrogens (tertiary/aromatic N) is 2. The van der Waals surface area contributed by atoms with E-state index < -0.39 is 6.10 Å². The van der Waals surface area contributed by atoms with Crippen LogP contribution in [0.5, 0.6) is 17.2 Å². The van der Waals surface area contributed by atoms with Gasteiger partial charge in [-0.1, -0.05) is 13.8 Å². The van der Waals surface area contributed by atoms with E-state index in [1.807, 2.05) is 33.8 Å². The molecule has 0 radical (unpaired) electrons. The molecule has 0 unspecified atom stereocenters. The van der Waals surface area contributed by atoms with Crippen molar-refractivity contribution in [2.24, 2.45) is 0 Å². The summed E-state index contributed by atoms with van der Waals surface area (Å²) >= 11 is 0. The summed E-state index contributed by atoms with van der Waals surface area (Å²) in [5.41, 5.74) is 2.40. The number of aryl methyl sites for hydroxylation is 1. The van der Waals surface area contributed by atoms with Crippen LogP contribution in [-0.4, -0.2) is 72.9 Å². The number of hydrogen-bond acceptors (Lipinski definition) is 7. The van der Waals surface area contributed by atoms with Crippen LogP contribution in [0, 0.1) is 6.92 Å². The number of amides is 3. The van der Waals surface area contributed by atoms with Gasteiger partial charge >= 0.3 is 6.03 Å². The lowest BCUT2D eigenvalue weighted by Crippen LogP contribution is -2.35. The number of carbonyl (C=O) groups is 2. The van der Waals surface area contributed by atoms with E-state index in [9.17, 15) is 14.7 Å². The summed E-state index contributed by atoms with van der Waals surface area (Å²) in [6, 6.07) is 10.2. The molecule has 3 amide bonds. The predicted octanol–water partition coefficient (Wildman–Crippen LogP) is 3.92. The smallest absolute Gasteiger partial charge is 0.319 e. The third-order valence-corrected chi connectivity index (χ3v) is 6.08. The topological polar surface area (TPSA) is 125 Å². The van der Waals surface area contributed by atoms with Crippen molar-refractivity contribution in [2.75, 3.05) is 45.2 Å². The number of rotatable bonds is 12. The maximum absolute atomic E-state index is 12.7. The number of fused-ring (bicyclic) bond motifs is 1. The molecular formula is C28H37N5O5. The summed E-state index contributed by atoms with van der Waals surface area (Å²) in [6.07, 6.45) is 0.910. The molecule has 1 atom stereocenters. The fraction of sp³-hybridized carbons (Fsp3) is 0.393.